The predicted octanol–water partition coefficient (Wildman–Crippen LogP) is 15.3. The van der Waals surface area contributed by atoms with Gasteiger partial charge in [0, 0.05) is 38.2 Å². The molecule has 0 N–H and O–H groups in total. The number of hydrogen-bond donors (Lipinski definition) is 0. The summed E-state index contributed by atoms with van der Waals surface area (Å²) in [6.07, 6.45) is 4.55. The standard InChI is InChI=1S/C58H54N4/c1-55(2)31-33-57(5,6)48-41(55)29-30-44-47(48)46-38-24-16-15-23-37(38)45-40-27-28-42-49(58(7,8)34-32-56(42,3)4)51(40)61(36-21-13-10-14-22-36)52(45)53(46)62(44)54-59-43-26-18-17-25-39(43)50(60-54)35-19-11-9-12-20-35/h9-30H,31-34H2,1-8H3. The highest BCUT2D eigenvalue weighted by Gasteiger charge is 2.42. The predicted molar refractivity (Wildman–Crippen MR) is 262 cm³/mol. The first-order valence-electron chi connectivity index (χ1n) is 22.7. The molecule has 10 aromatic rings. The van der Waals surface area contributed by atoms with Crippen molar-refractivity contribution in [2.45, 2.75) is 103 Å². The van der Waals surface area contributed by atoms with E-state index in [0.29, 0.717) is 5.95 Å². The van der Waals surface area contributed by atoms with E-state index in [1.807, 2.05) is 0 Å². The van der Waals surface area contributed by atoms with Crippen LogP contribution in [0.4, 0.5) is 0 Å². The third kappa shape index (κ3) is 5.07. The molecule has 2 aliphatic carbocycles. The normalized spacial score (nSPS) is 17.6. The summed E-state index contributed by atoms with van der Waals surface area (Å²) in [5, 5.41) is 8.83. The smallest absolute Gasteiger partial charge is 0.235 e. The number of hydrogen-bond acceptors (Lipinski definition) is 2. The molecule has 0 aliphatic heterocycles. The summed E-state index contributed by atoms with van der Waals surface area (Å²) in [5.41, 5.74) is 14.8. The second-order valence-corrected chi connectivity index (χ2v) is 21.1. The molecular weight excluding hydrogens is 753 g/mol. The van der Waals surface area contributed by atoms with Crippen LogP contribution in [0.3, 0.4) is 0 Å². The van der Waals surface area contributed by atoms with Crippen LogP contribution in [0.1, 0.15) is 103 Å². The average Bonchev–Trinajstić information content (AvgIpc) is 3.81. The third-order valence-electron chi connectivity index (χ3n) is 15.4. The lowest BCUT2D eigenvalue weighted by atomic mass is 9.62. The summed E-state index contributed by atoms with van der Waals surface area (Å²) in [6.45, 7) is 19.7. The molecule has 0 atom stereocenters. The van der Waals surface area contributed by atoms with Crippen molar-refractivity contribution >= 4 is 65.3 Å². The van der Waals surface area contributed by atoms with Crippen LogP contribution in [0.15, 0.2) is 133 Å². The highest BCUT2D eigenvalue weighted by molar-refractivity contribution is 6.37. The molecule has 62 heavy (non-hydrogen) atoms. The van der Waals surface area contributed by atoms with Gasteiger partial charge in [-0.05, 0) is 105 Å². The van der Waals surface area contributed by atoms with E-state index in [2.05, 4.69) is 198 Å². The molecule has 4 nitrogen and oxygen atoms in total. The number of benzene rings is 7. The van der Waals surface area contributed by atoms with Gasteiger partial charge in [0.05, 0.1) is 33.3 Å². The second-order valence-electron chi connectivity index (χ2n) is 21.1. The van der Waals surface area contributed by atoms with Gasteiger partial charge in [-0.15, -0.1) is 0 Å². The van der Waals surface area contributed by atoms with Crippen LogP contribution < -0.4 is 0 Å². The van der Waals surface area contributed by atoms with Gasteiger partial charge in [-0.3, -0.25) is 4.57 Å². The number of nitrogens with zero attached hydrogens (tertiary/aromatic N) is 4. The molecule has 0 unspecified atom stereocenters. The summed E-state index contributed by atoms with van der Waals surface area (Å²) < 4.78 is 5.12. The monoisotopic (exact) mass is 806 g/mol. The Morgan fingerprint density at radius 1 is 0.403 bits per heavy atom. The molecule has 2 aliphatic rings. The first-order chi connectivity index (χ1) is 29.8. The van der Waals surface area contributed by atoms with E-state index in [0.717, 1.165) is 58.9 Å². The maximum atomic E-state index is 5.69. The Balaban J connectivity index is 1.41. The maximum absolute atomic E-state index is 5.69. The van der Waals surface area contributed by atoms with Crippen LogP contribution in [0.25, 0.3) is 88.2 Å². The molecule has 0 bridgehead atoms. The summed E-state index contributed by atoms with van der Waals surface area (Å²) in [7, 11) is 0. The van der Waals surface area contributed by atoms with Crippen molar-refractivity contribution in [3.63, 3.8) is 0 Å². The zero-order valence-electron chi connectivity index (χ0n) is 37.3. The Labute approximate surface area is 364 Å². The lowest BCUT2D eigenvalue weighted by molar-refractivity contribution is 0.334. The molecule has 12 rings (SSSR count). The third-order valence-corrected chi connectivity index (χ3v) is 15.4. The van der Waals surface area contributed by atoms with Gasteiger partial charge in [0.15, 0.2) is 0 Å². The molecule has 0 radical (unpaired) electrons. The van der Waals surface area contributed by atoms with E-state index in [4.69, 9.17) is 9.97 Å². The lowest BCUT2D eigenvalue weighted by Crippen LogP contribution is -2.34. The Bertz CT molecular complexity index is 3500. The van der Waals surface area contributed by atoms with E-state index in [-0.39, 0.29) is 21.7 Å². The van der Waals surface area contributed by atoms with Crippen molar-refractivity contribution in [1.82, 2.24) is 19.1 Å². The fraction of sp³-hybridized carbons (Fsp3) is 0.276. The Kier molecular flexibility index (Phi) is 7.66. The van der Waals surface area contributed by atoms with Crippen LogP contribution in [-0.2, 0) is 21.7 Å². The van der Waals surface area contributed by atoms with E-state index in [1.54, 1.807) is 0 Å². The van der Waals surface area contributed by atoms with Crippen molar-refractivity contribution < 1.29 is 0 Å². The van der Waals surface area contributed by atoms with Crippen LogP contribution >= 0.6 is 0 Å². The molecule has 0 saturated heterocycles. The fourth-order valence-electron chi connectivity index (χ4n) is 12.0. The first kappa shape index (κ1) is 37.5. The number of para-hydroxylation sites is 2. The minimum atomic E-state index is -0.0558. The highest BCUT2D eigenvalue weighted by atomic mass is 15.2. The Morgan fingerprint density at radius 2 is 0.935 bits per heavy atom. The molecule has 4 heteroatoms. The van der Waals surface area contributed by atoms with Crippen molar-refractivity contribution in [3.05, 3.63) is 156 Å². The molecule has 306 valence electrons. The molecule has 0 spiro atoms. The van der Waals surface area contributed by atoms with Crippen molar-refractivity contribution in [1.29, 1.82) is 0 Å². The second kappa shape index (κ2) is 12.7. The van der Waals surface area contributed by atoms with Gasteiger partial charge in [0.2, 0.25) is 5.95 Å². The van der Waals surface area contributed by atoms with Crippen LogP contribution in [0, 0.1) is 0 Å². The van der Waals surface area contributed by atoms with Crippen molar-refractivity contribution in [3.8, 4) is 22.9 Å². The molecule has 0 amide bonds. The quantitative estimate of drug-likeness (QED) is 0.178. The molecule has 7 aromatic carbocycles. The van der Waals surface area contributed by atoms with Gasteiger partial charge in [0.1, 0.15) is 0 Å². The van der Waals surface area contributed by atoms with E-state index >= 15 is 0 Å². The molecule has 0 fully saturated rings. The Hall–Kier alpha value is -6.26. The zero-order valence-corrected chi connectivity index (χ0v) is 37.3. The maximum Gasteiger partial charge on any atom is 0.235 e. The van der Waals surface area contributed by atoms with E-state index in [9.17, 15) is 0 Å². The van der Waals surface area contributed by atoms with Gasteiger partial charge in [-0.1, -0.05) is 165 Å². The van der Waals surface area contributed by atoms with Crippen LogP contribution in [-0.4, -0.2) is 19.1 Å². The van der Waals surface area contributed by atoms with Crippen LogP contribution in [0.5, 0.6) is 0 Å². The van der Waals surface area contributed by atoms with E-state index < -0.39 is 0 Å². The van der Waals surface area contributed by atoms with Gasteiger partial charge < -0.3 is 4.57 Å². The zero-order chi connectivity index (χ0) is 42.5. The summed E-state index contributed by atoms with van der Waals surface area (Å²) in [4.78, 5) is 11.3. The van der Waals surface area contributed by atoms with Crippen LogP contribution in [0.2, 0.25) is 0 Å². The molecule has 3 heterocycles. The van der Waals surface area contributed by atoms with Crippen molar-refractivity contribution in [2.24, 2.45) is 0 Å². The van der Waals surface area contributed by atoms with Gasteiger partial charge in [-0.2, -0.15) is 0 Å². The number of rotatable bonds is 3. The topological polar surface area (TPSA) is 35.6 Å². The summed E-state index contributed by atoms with van der Waals surface area (Å²) in [5.74, 6) is 0.695. The Morgan fingerprint density at radius 3 is 1.63 bits per heavy atom. The molecule has 0 saturated carbocycles. The summed E-state index contributed by atoms with van der Waals surface area (Å²) >= 11 is 0. The molecule has 3 aromatic heterocycles. The number of fused-ring (bicyclic) bond motifs is 15. The first-order valence-corrected chi connectivity index (χ1v) is 22.7. The van der Waals surface area contributed by atoms with Gasteiger partial charge >= 0.3 is 0 Å². The minimum Gasteiger partial charge on any atom is -0.307 e. The average molecular weight is 807 g/mol. The lowest BCUT2D eigenvalue weighted by Gasteiger charge is -2.42. The highest BCUT2D eigenvalue weighted by Crippen LogP contribution is 2.56. The van der Waals surface area contributed by atoms with Crippen molar-refractivity contribution in [2.75, 3.05) is 0 Å². The largest absolute Gasteiger partial charge is 0.307 e. The van der Waals surface area contributed by atoms with Gasteiger partial charge in [0.25, 0.3) is 0 Å². The summed E-state index contributed by atoms with van der Waals surface area (Å²) in [6, 6.07) is 49.4. The minimum absolute atomic E-state index is 0.0314. The molecular formula is C58H54N4. The fourth-order valence-corrected chi connectivity index (χ4v) is 12.0. The van der Waals surface area contributed by atoms with Gasteiger partial charge in [-0.25, -0.2) is 9.97 Å². The SMILES string of the molecule is CC1(C)CCC(C)(C)c2c1ccc1c2c2c3ccccc3c3c4ccc5c(c4n(-c4ccccc4)c3c2n1-c1nc(-c2ccccc2)c2ccccc2n1)C(C)(C)CCC5(C)C. The number of aromatic nitrogens is 4. The van der Waals surface area contributed by atoms with E-state index in [1.165, 1.54) is 71.3 Å².